The molecule has 1 aromatic heterocycles. The molecule has 3 nitrogen and oxygen atoms in total. The number of nitrogens with one attached hydrogen (secondary N) is 1. The molecule has 0 spiro atoms. The molecule has 1 heterocycles. The minimum atomic E-state index is 0.612. The summed E-state index contributed by atoms with van der Waals surface area (Å²) < 4.78 is 0. The molecule has 1 rings (SSSR count). The number of hydrogen-bond donors (Lipinski definition) is 1. The van der Waals surface area contributed by atoms with Crippen LogP contribution in [0.1, 0.15) is 53.2 Å². The maximum absolute atomic E-state index is 4.80. The summed E-state index contributed by atoms with van der Waals surface area (Å²) in [7, 11) is 0. The number of aromatic nitrogens is 1. The third-order valence-corrected chi connectivity index (χ3v) is 4.21. The molecule has 110 valence electrons. The lowest BCUT2D eigenvalue weighted by Crippen LogP contribution is -2.37. The van der Waals surface area contributed by atoms with Crippen molar-refractivity contribution in [2.45, 2.75) is 60.0 Å². The Hall–Kier alpha value is -0.610. The molecule has 0 saturated heterocycles. The van der Waals surface area contributed by atoms with Crippen LogP contribution in [0.15, 0.2) is 5.38 Å². The third kappa shape index (κ3) is 5.11. The van der Waals surface area contributed by atoms with E-state index in [2.05, 4.69) is 50.2 Å². The van der Waals surface area contributed by atoms with Crippen molar-refractivity contribution in [1.82, 2.24) is 10.3 Å². The summed E-state index contributed by atoms with van der Waals surface area (Å²) in [5.41, 5.74) is 1.17. The number of anilines is 1. The normalized spacial score (nSPS) is 11.5. The highest BCUT2D eigenvalue weighted by molar-refractivity contribution is 7.13. The van der Waals surface area contributed by atoms with E-state index in [1.165, 1.54) is 23.7 Å². The molecule has 0 fully saturated rings. The predicted molar refractivity (Wildman–Crippen MR) is 86.0 cm³/mol. The Labute approximate surface area is 122 Å². The second-order valence-corrected chi connectivity index (χ2v) is 6.25. The van der Waals surface area contributed by atoms with Crippen LogP contribution in [0, 0.1) is 5.92 Å². The number of hydrogen-bond acceptors (Lipinski definition) is 4. The molecule has 0 unspecified atom stereocenters. The van der Waals surface area contributed by atoms with Crippen molar-refractivity contribution >= 4 is 16.5 Å². The third-order valence-electron chi connectivity index (χ3n) is 3.29. The average Bonchev–Trinajstić information content (AvgIpc) is 2.84. The predicted octanol–water partition coefficient (Wildman–Crippen LogP) is 3.90. The summed E-state index contributed by atoms with van der Waals surface area (Å²) in [6.45, 7) is 14.2. The molecule has 0 atom stereocenters. The minimum absolute atomic E-state index is 0.612. The van der Waals surface area contributed by atoms with Crippen LogP contribution in [-0.4, -0.2) is 24.1 Å². The van der Waals surface area contributed by atoms with E-state index in [0.717, 1.165) is 19.6 Å². The van der Waals surface area contributed by atoms with Crippen molar-refractivity contribution in [2.75, 3.05) is 18.0 Å². The first kappa shape index (κ1) is 16.4. The van der Waals surface area contributed by atoms with Crippen LogP contribution in [0.2, 0.25) is 0 Å². The van der Waals surface area contributed by atoms with Gasteiger partial charge in [0.05, 0.1) is 5.69 Å². The van der Waals surface area contributed by atoms with Gasteiger partial charge >= 0.3 is 0 Å². The van der Waals surface area contributed by atoms with Gasteiger partial charge < -0.3 is 10.2 Å². The molecule has 0 aliphatic rings. The maximum atomic E-state index is 4.80. The smallest absolute Gasteiger partial charge is 0.185 e. The number of rotatable bonds is 9. The van der Waals surface area contributed by atoms with Gasteiger partial charge in [-0.25, -0.2) is 4.98 Å². The van der Waals surface area contributed by atoms with Crippen LogP contribution in [0.4, 0.5) is 5.13 Å². The summed E-state index contributed by atoms with van der Waals surface area (Å²) >= 11 is 1.78. The summed E-state index contributed by atoms with van der Waals surface area (Å²) in [6, 6.07) is 0.612. The lowest BCUT2D eigenvalue weighted by molar-refractivity contribution is 0.506. The fourth-order valence-electron chi connectivity index (χ4n) is 2.27. The Morgan fingerprint density at radius 2 is 1.95 bits per heavy atom. The van der Waals surface area contributed by atoms with Crippen molar-refractivity contribution < 1.29 is 0 Å². The molecule has 4 heteroatoms. The maximum Gasteiger partial charge on any atom is 0.185 e. The molecule has 0 aliphatic carbocycles. The Morgan fingerprint density at radius 3 is 2.47 bits per heavy atom. The highest BCUT2D eigenvalue weighted by atomic mass is 32.1. The zero-order chi connectivity index (χ0) is 14.3. The van der Waals surface area contributed by atoms with Crippen molar-refractivity contribution in [1.29, 1.82) is 0 Å². The van der Waals surface area contributed by atoms with E-state index in [1.54, 1.807) is 11.3 Å². The standard InChI is InChI=1S/C15H29N3S/c1-6-14(7-2)18(10-12(4)5)15-17-13(11-19-15)9-16-8-3/h11-12,14,16H,6-10H2,1-5H3. The fourth-order valence-corrected chi connectivity index (χ4v) is 3.18. The van der Waals surface area contributed by atoms with Gasteiger partial charge in [-0.2, -0.15) is 0 Å². The Bertz CT molecular complexity index is 345. The molecule has 19 heavy (non-hydrogen) atoms. The Kier molecular flexibility index (Phi) is 7.39. The van der Waals surface area contributed by atoms with Gasteiger partial charge in [0.25, 0.3) is 0 Å². The zero-order valence-electron chi connectivity index (χ0n) is 13.1. The molecule has 0 saturated carbocycles. The molecule has 1 N–H and O–H groups in total. The van der Waals surface area contributed by atoms with Crippen LogP contribution in [-0.2, 0) is 6.54 Å². The highest BCUT2D eigenvalue weighted by Gasteiger charge is 2.19. The summed E-state index contributed by atoms with van der Waals surface area (Å²) in [4.78, 5) is 7.30. The molecule has 0 aromatic carbocycles. The van der Waals surface area contributed by atoms with E-state index in [4.69, 9.17) is 4.98 Å². The SMILES string of the molecule is CCNCc1csc(N(CC(C)C)C(CC)CC)n1. The lowest BCUT2D eigenvalue weighted by Gasteiger charge is -2.31. The molecule has 0 amide bonds. The summed E-state index contributed by atoms with van der Waals surface area (Å²) in [6.07, 6.45) is 2.37. The summed E-state index contributed by atoms with van der Waals surface area (Å²) in [5.74, 6) is 0.668. The zero-order valence-corrected chi connectivity index (χ0v) is 13.9. The van der Waals surface area contributed by atoms with Gasteiger partial charge in [0.2, 0.25) is 0 Å². The topological polar surface area (TPSA) is 28.2 Å². The number of thiazole rings is 1. The fraction of sp³-hybridized carbons (Fsp3) is 0.800. The minimum Gasteiger partial charge on any atom is -0.345 e. The Balaban J connectivity index is 2.81. The van der Waals surface area contributed by atoms with E-state index < -0.39 is 0 Å². The molecule has 0 aliphatic heterocycles. The van der Waals surface area contributed by atoms with Crippen LogP contribution in [0.3, 0.4) is 0 Å². The van der Waals surface area contributed by atoms with E-state index in [9.17, 15) is 0 Å². The van der Waals surface area contributed by atoms with Crippen molar-refractivity contribution in [2.24, 2.45) is 5.92 Å². The van der Waals surface area contributed by atoms with E-state index in [-0.39, 0.29) is 0 Å². The van der Waals surface area contributed by atoms with Gasteiger partial charge in [-0.05, 0) is 25.3 Å². The van der Waals surface area contributed by atoms with Crippen LogP contribution >= 0.6 is 11.3 Å². The van der Waals surface area contributed by atoms with E-state index in [0.29, 0.717) is 12.0 Å². The molecule has 0 radical (unpaired) electrons. The van der Waals surface area contributed by atoms with Crippen LogP contribution in [0.25, 0.3) is 0 Å². The van der Waals surface area contributed by atoms with Crippen molar-refractivity contribution in [3.63, 3.8) is 0 Å². The van der Waals surface area contributed by atoms with Crippen LogP contribution in [0.5, 0.6) is 0 Å². The number of nitrogens with zero attached hydrogens (tertiary/aromatic N) is 2. The molecule has 0 bridgehead atoms. The monoisotopic (exact) mass is 283 g/mol. The van der Waals surface area contributed by atoms with Gasteiger partial charge in [0.1, 0.15) is 0 Å². The molecular formula is C15H29N3S. The van der Waals surface area contributed by atoms with E-state index >= 15 is 0 Å². The highest BCUT2D eigenvalue weighted by Crippen LogP contribution is 2.26. The molecule has 1 aromatic rings. The van der Waals surface area contributed by atoms with Gasteiger partial charge in [-0.1, -0.05) is 34.6 Å². The molecular weight excluding hydrogens is 254 g/mol. The first-order valence-electron chi connectivity index (χ1n) is 7.54. The van der Waals surface area contributed by atoms with Gasteiger partial charge in [-0.15, -0.1) is 11.3 Å². The second kappa shape index (κ2) is 8.54. The van der Waals surface area contributed by atoms with Crippen molar-refractivity contribution in [3.05, 3.63) is 11.1 Å². The lowest BCUT2D eigenvalue weighted by atomic mass is 10.1. The van der Waals surface area contributed by atoms with Gasteiger partial charge in [-0.3, -0.25) is 0 Å². The van der Waals surface area contributed by atoms with Gasteiger partial charge in [0.15, 0.2) is 5.13 Å². The second-order valence-electron chi connectivity index (χ2n) is 5.42. The first-order chi connectivity index (χ1) is 9.12. The van der Waals surface area contributed by atoms with Crippen LogP contribution < -0.4 is 10.2 Å². The summed E-state index contributed by atoms with van der Waals surface area (Å²) in [5, 5.41) is 6.72. The quantitative estimate of drug-likeness (QED) is 0.745. The average molecular weight is 283 g/mol. The van der Waals surface area contributed by atoms with Crippen molar-refractivity contribution in [3.8, 4) is 0 Å². The Morgan fingerprint density at radius 1 is 1.26 bits per heavy atom. The van der Waals surface area contributed by atoms with Gasteiger partial charge in [0, 0.05) is 24.5 Å². The largest absolute Gasteiger partial charge is 0.345 e. The first-order valence-corrected chi connectivity index (χ1v) is 8.41. The van der Waals surface area contributed by atoms with E-state index in [1.807, 2.05) is 0 Å².